The number of ether oxygens (including phenoxy) is 2. The Labute approximate surface area is 162 Å². The van der Waals surface area contributed by atoms with Gasteiger partial charge >= 0.3 is 5.97 Å². The van der Waals surface area contributed by atoms with Crippen molar-refractivity contribution in [2.45, 2.75) is 13.8 Å². The first-order valence-electron chi connectivity index (χ1n) is 8.67. The highest BCUT2D eigenvalue weighted by molar-refractivity contribution is 7.13. The van der Waals surface area contributed by atoms with Gasteiger partial charge in [0.1, 0.15) is 12.4 Å². The Bertz CT molecular complexity index is 1050. The summed E-state index contributed by atoms with van der Waals surface area (Å²) in [7, 11) is 1.63. The minimum atomic E-state index is -0.312. The van der Waals surface area contributed by atoms with Crippen LogP contribution in [0.5, 0.6) is 5.75 Å². The highest BCUT2D eigenvalue weighted by Gasteiger charge is 2.32. The topological polar surface area (TPSA) is 48.4 Å². The third-order valence-corrected chi connectivity index (χ3v) is 5.56. The van der Waals surface area contributed by atoms with Gasteiger partial charge in [-0.3, -0.25) is 0 Å². The molecule has 136 valence electrons. The van der Waals surface area contributed by atoms with E-state index in [4.69, 9.17) is 14.5 Å². The molecule has 0 saturated carbocycles. The molecule has 5 heteroatoms. The average molecular weight is 377 g/mol. The largest absolute Gasteiger partial charge is 0.496 e. The molecule has 4 nitrogen and oxygen atoms in total. The number of carbonyl (C=O) groups excluding carboxylic acids is 1. The van der Waals surface area contributed by atoms with Crippen molar-refractivity contribution in [1.29, 1.82) is 0 Å². The van der Waals surface area contributed by atoms with Gasteiger partial charge in [-0.05, 0) is 19.9 Å². The first-order chi connectivity index (χ1) is 13.1. The normalized spacial score (nSPS) is 13.8. The summed E-state index contributed by atoms with van der Waals surface area (Å²) < 4.78 is 10.9. The molecule has 0 saturated heterocycles. The van der Waals surface area contributed by atoms with E-state index in [0.717, 1.165) is 38.0 Å². The van der Waals surface area contributed by atoms with Gasteiger partial charge < -0.3 is 9.47 Å². The fourth-order valence-corrected chi connectivity index (χ4v) is 4.25. The molecular formula is C22H19NO3S. The second-order valence-corrected chi connectivity index (χ2v) is 7.61. The van der Waals surface area contributed by atoms with Crippen molar-refractivity contribution in [1.82, 2.24) is 4.98 Å². The van der Waals surface area contributed by atoms with Crippen molar-refractivity contribution in [2.24, 2.45) is 0 Å². The quantitative estimate of drug-likeness (QED) is 0.607. The molecule has 1 aromatic heterocycles. The van der Waals surface area contributed by atoms with Crippen molar-refractivity contribution in [3.8, 4) is 17.0 Å². The average Bonchev–Trinajstić information content (AvgIpc) is 3.24. The molecule has 4 rings (SSSR count). The highest BCUT2D eigenvalue weighted by Crippen LogP contribution is 2.42. The Morgan fingerprint density at radius 3 is 2.56 bits per heavy atom. The van der Waals surface area contributed by atoms with Gasteiger partial charge in [0.25, 0.3) is 0 Å². The number of hydrogen-bond donors (Lipinski definition) is 0. The SMILES string of the molecule is COc1ccccc1C1=C(c2sc(C)nc2-c2ccc(C)cc2)C(=O)OC1. The van der Waals surface area contributed by atoms with Gasteiger partial charge in [0.2, 0.25) is 0 Å². The molecule has 27 heavy (non-hydrogen) atoms. The van der Waals surface area contributed by atoms with E-state index in [1.807, 2.05) is 50.2 Å². The van der Waals surface area contributed by atoms with E-state index < -0.39 is 0 Å². The Morgan fingerprint density at radius 2 is 1.81 bits per heavy atom. The third-order valence-electron chi connectivity index (χ3n) is 4.57. The standard InChI is InChI=1S/C22H19NO3S/c1-13-8-10-15(11-9-13)20-21(27-14(2)23-20)19-17(12-26-22(19)24)16-6-4-5-7-18(16)25-3/h4-11H,12H2,1-3H3. The zero-order valence-corrected chi connectivity index (χ0v) is 16.2. The zero-order valence-electron chi connectivity index (χ0n) is 15.4. The number of hydrogen-bond acceptors (Lipinski definition) is 5. The Balaban J connectivity index is 1.93. The van der Waals surface area contributed by atoms with Crippen LogP contribution in [-0.4, -0.2) is 24.7 Å². The van der Waals surface area contributed by atoms with E-state index in [2.05, 4.69) is 12.1 Å². The summed E-state index contributed by atoms with van der Waals surface area (Å²) in [6.07, 6.45) is 0. The monoisotopic (exact) mass is 377 g/mol. The number of para-hydroxylation sites is 1. The van der Waals surface area contributed by atoms with E-state index in [-0.39, 0.29) is 12.6 Å². The van der Waals surface area contributed by atoms with Gasteiger partial charge in [-0.2, -0.15) is 0 Å². The minimum absolute atomic E-state index is 0.235. The molecule has 1 aliphatic heterocycles. The van der Waals surface area contributed by atoms with E-state index in [1.165, 1.54) is 16.9 Å². The second-order valence-electron chi connectivity index (χ2n) is 6.41. The second kappa shape index (κ2) is 7.00. The highest BCUT2D eigenvalue weighted by atomic mass is 32.1. The molecule has 0 atom stereocenters. The fraction of sp³-hybridized carbons (Fsp3) is 0.182. The summed E-state index contributed by atoms with van der Waals surface area (Å²) in [6.45, 7) is 4.24. The molecule has 0 amide bonds. The van der Waals surface area contributed by atoms with Crippen LogP contribution < -0.4 is 4.74 Å². The molecule has 2 aromatic carbocycles. The molecule has 3 aromatic rings. The Kier molecular flexibility index (Phi) is 4.54. The molecule has 0 fully saturated rings. The van der Waals surface area contributed by atoms with Crippen molar-refractivity contribution in [2.75, 3.05) is 13.7 Å². The summed E-state index contributed by atoms with van der Waals surface area (Å²) >= 11 is 1.52. The summed E-state index contributed by atoms with van der Waals surface area (Å²) in [5, 5.41) is 0.909. The van der Waals surface area contributed by atoms with Gasteiger partial charge in [0.05, 0.1) is 28.3 Å². The molecule has 0 radical (unpaired) electrons. The lowest BCUT2D eigenvalue weighted by atomic mass is 9.98. The van der Waals surface area contributed by atoms with Crippen LogP contribution in [0.2, 0.25) is 0 Å². The molecule has 0 N–H and O–H groups in total. The number of esters is 1. The lowest BCUT2D eigenvalue weighted by molar-refractivity contribution is -0.133. The van der Waals surface area contributed by atoms with Gasteiger partial charge in [-0.25, -0.2) is 9.78 Å². The first-order valence-corrected chi connectivity index (χ1v) is 9.48. The van der Waals surface area contributed by atoms with Crippen LogP contribution in [0, 0.1) is 13.8 Å². The van der Waals surface area contributed by atoms with Crippen LogP contribution >= 0.6 is 11.3 Å². The van der Waals surface area contributed by atoms with E-state index in [1.54, 1.807) is 7.11 Å². The smallest absolute Gasteiger partial charge is 0.340 e. The van der Waals surface area contributed by atoms with Crippen LogP contribution in [0.25, 0.3) is 22.4 Å². The maximum absolute atomic E-state index is 12.7. The fourth-order valence-electron chi connectivity index (χ4n) is 3.24. The minimum Gasteiger partial charge on any atom is -0.496 e. The maximum Gasteiger partial charge on any atom is 0.340 e. The van der Waals surface area contributed by atoms with Crippen LogP contribution in [0.3, 0.4) is 0 Å². The summed E-state index contributed by atoms with van der Waals surface area (Å²) in [5.41, 5.74) is 5.30. The van der Waals surface area contributed by atoms with E-state index >= 15 is 0 Å². The van der Waals surface area contributed by atoms with Crippen LogP contribution in [-0.2, 0) is 9.53 Å². The number of benzene rings is 2. The third kappa shape index (κ3) is 3.15. The van der Waals surface area contributed by atoms with Crippen molar-refractivity contribution < 1.29 is 14.3 Å². The molecule has 1 aliphatic rings. The molecule has 0 bridgehead atoms. The molecule has 0 spiro atoms. The number of rotatable bonds is 4. The van der Waals surface area contributed by atoms with Crippen LogP contribution in [0.1, 0.15) is 21.0 Å². The number of thiazole rings is 1. The number of methoxy groups -OCH3 is 1. The Morgan fingerprint density at radius 1 is 1.07 bits per heavy atom. The summed E-state index contributed by atoms with van der Waals surface area (Å²) in [4.78, 5) is 18.2. The lowest BCUT2D eigenvalue weighted by Crippen LogP contribution is -1.98. The zero-order chi connectivity index (χ0) is 19.0. The number of carbonyl (C=O) groups is 1. The van der Waals surface area contributed by atoms with Gasteiger partial charge in [0, 0.05) is 16.7 Å². The lowest BCUT2D eigenvalue weighted by Gasteiger charge is -2.09. The predicted octanol–water partition coefficient (Wildman–Crippen LogP) is 4.90. The van der Waals surface area contributed by atoms with Gasteiger partial charge in [-0.1, -0.05) is 48.0 Å². The van der Waals surface area contributed by atoms with Gasteiger partial charge in [0.15, 0.2) is 0 Å². The predicted molar refractivity (Wildman–Crippen MR) is 108 cm³/mol. The van der Waals surface area contributed by atoms with Crippen LogP contribution in [0.15, 0.2) is 48.5 Å². The number of cyclic esters (lactones) is 1. The first kappa shape index (κ1) is 17.5. The number of aromatic nitrogens is 1. The molecule has 0 unspecified atom stereocenters. The molecule has 0 aliphatic carbocycles. The van der Waals surface area contributed by atoms with E-state index in [9.17, 15) is 4.79 Å². The number of aryl methyl sites for hydroxylation is 2. The van der Waals surface area contributed by atoms with Crippen molar-refractivity contribution >= 4 is 28.5 Å². The maximum atomic E-state index is 12.7. The van der Waals surface area contributed by atoms with Crippen molar-refractivity contribution in [3.05, 3.63) is 69.5 Å². The van der Waals surface area contributed by atoms with E-state index in [0.29, 0.717) is 5.57 Å². The van der Waals surface area contributed by atoms with Crippen molar-refractivity contribution in [3.63, 3.8) is 0 Å². The summed E-state index contributed by atoms with van der Waals surface area (Å²) in [6, 6.07) is 15.9. The number of nitrogens with zero attached hydrogens (tertiary/aromatic N) is 1. The summed E-state index contributed by atoms with van der Waals surface area (Å²) in [5.74, 6) is 0.411. The molecular weight excluding hydrogens is 358 g/mol. The Hall–Kier alpha value is -2.92. The van der Waals surface area contributed by atoms with Gasteiger partial charge in [-0.15, -0.1) is 11.3 Å². The van der Waals surface area contributed by atoms with Crippen LogP contribution in [0.4, 0.5) is 0 Å². The molecule has 2 heterocycles.